The zero-order valence-corrected chi connectivity index (χ0v) is 11.5. The fourth-order valence-corrected chi connectivity index (χ4v) is 3.18. The van der Waals surface area contributed by atoms with E-state index in [1.54, 1.807) is 0 Å². The number of halogens is 3. The summed E-state index contributed by atoms with van der Waals surface area (Å²) in [5, 5.41) is 1.15. The summed E-state index contributed by atoms with van der Waals surface area (Å²) in [5.41, 5.74) is 1.12. The molecule has 4 heteroatoms. The van der Waals surface area contributed by atoms with E-state index in [4.69, 9.17) is 0 Å². The highest BCUT2D eigenvalue weighted by Gasteiger charge is 2.39. The van der Waals surface area contributed by atoms with Gasteiger partial charge in [0.25, 0.3) is 0 Å². The van der Waals surface area contributed by atoms with Crippen molar-refractivity contribution in [2.24, 2.45) is 5.92 Å². The molecular formula is C14H14BrF2N. The van der Waals surface area contributed by atoms with Crippen molar-refractivity contribution in [2.45, 2.75) is 31.7 Å². The van der Waals surface area contributed by atoms with Gasteiger partial charge in [-0.3, -0.25) is 0 Å². The predicted molar refractivity (Wildman–Crippen MR) is 71.9 cm³/mol. The van der Waals surface area contributed by atoms with Gasteiger partial charge in [-0.05, 0) is 36.6 Å². The molecule has 1 aromatic carbocycles. The Morgan fingerprint density at radius 3 is 2.89 bits per heavy atom. The van der Waals surface area contributed by atoms with E-state index in [-0.39, 0.29) is 18.8 Å². The van der Waals surface area contributed by atoms with E-state index in [1.807, 2.05) is 24.4 Å². The van der Waals surface area contributed by atoms with Gasteiger partial charge in [0.15, 0.2) is 0 Å². The smallest absolute Gasteiger partial charge is 0.248 e. The van der Waals surface area contributed by atoms with Gasteiger partial charge in [0.1, 0.15) is 0 Å². The SMILES string of the molecule is FC1(F)CCC(Cn2ccc3cc(Br)ccc32)C1. The summed E-state index contributed by atoms with van der Waals surface area (Å²) in [7, 11) is 0. The van der Waals surface area contributed by atoms with Crippen molar-refractivity contribution < 1.29 is 8.78 Å². The second-order valence-corrected chi connectivity index (χ2v) is 6.05. The molecule has 1 nitrogen and oxygen atoms in total. The first-order valence-corrected chi connectivity index (χ1v) is 6.95. The van der Waals surface area contributed by atoms with Crippen LogP contribution in [0.3, 0.4) is 0 Å². The second kappa shape index (κ2) is 4.34. The third kappa shape index (κ3) is 2.30. The normalized spacial score (nSPS) is 22.7. The lowest BCUT2D eigenvalue weighted by Crippen LogP contribution is -2.12. The number of benzene rings is 1. The minimum Gasteiger partial charge on any atom is -0.347 e. The Bertz CT molecular complexity index is 576. The molecule has 1 aliphatic carbocycles. The third-order valence-electron chi connectivity index (χ3n) is 3.69. The first-order valence-electron chi connectivity index (χ1n) is 6.16. The van der Waals surface area contributed by atoms with Crippen LogP contribution in [0.1, 0.15) is 19.3 Å². The second-order valence-electron chi connectivity index (χ2n) is 5.14. The molecule has 2 aromatic rings. The molecule has 0 bridgehead atoms. The average molecular weight is 314 g/mol. The van der Waals surface area contributed by atoms with Gasteiger partial charge in [-0.15, -0.1) is 0 Å². The molecule has 1 fully saturated rings. The van der Waals surface area contributed by atoms with Crippen molar-refractivity contribution in [2.75, 3.05) is 0 Å². The first kappa shape index (κ1) is 12.2. The van der Waals surface area contributed by atoms with Gasteiger partial charge in [-0.1, -0.05) is 15.9 Å². The highest BCUT2D eigenvalue weighted by molar-refractivity contribution is 9.10. The van der Waals surface area contributed by atoms with Gasteiger partial charge < -0.3 is 4.57 Å². The third-order valence-corrected chi connectivity index (χ3v) is 4.19. The summed E-state index contributed by atoms with van der Waals surface area (Å²) in [4.78, 5) is 0. The molecule has 0 spiro atoms. The lowest BCUT2D eigenvalue weighted by molar-refractivity contribution is 0.00441. The number of alkyl halides is 2. The Morgan fingerprint density at radius 2 is 2.17 bits per heavy atom. The molecule has 1 aliphatic rings. The van der Waals surface area contributed by atoms with Crippen molar-refractivity contribution in [3.8, 4) is 0 Å². The standard InChI is InChI=1S/C14H14BrF2N/c15-12-1-2-13-11(7-12)4-6-18(13)9-10-3-5-14(16,17)8-10/h1-2,4,6-7,10H,3,5,8-9H2. The van der Waals surface area contributed by atoms with Crippen LogP contribution < -0.4 is 0 Å². The van der Waals surface area contributed by atoms with Crippen LogP contribution in [0.15, 0.2) is 34.9 Å². The fraction of sp³-hybridized carbons (Fsp3) is 0.429. The van der Waals surface area contributed by atoms with Crippen LogP contribution in [0.2, 0.25) is 0 Å². The molecule has 1 atom stereocenters. The number of rotatable bonds is 2. The molecule has 1 heterocycles. The highest BCUT2D eigenvalue weighted by Crippen LogP contribution is 2.39. The van der Waals surface area contributed by atoms with E-state index in [1.165, 1.54) is 0 Å². The molecule has 1 unspecified atom stereocenters. The molecule has 18 heavy (non-hydrogen) atoms. The lowest BCUT2D eigenvalue weighted by Gasteiger charge is -2.12. The number of hydrogen-bond acceptors (Lipinski definition) is 0. The summed E-state index contributed by atoms with van der Waals surface area (Å²) in [6.45, 7) is 0.695. The van der Waals surface area contributed by atoms with E-state index >= 15 is 0 Å². The molecular weight excluding hydrogens is 300 g/mol. The van der Waals surface area contributed by atoms with E-state index in [2.05, 4.69) is 26.6 Å². The summed E-state index contributed by atoms with van der Waals surface area (Å²) >= 11 is 3.44. The van der Waals surface area contributed by atoms with E-state index in [0.717, 1.165) is 15.4 Å². The Labute approximate surface area is 113 Å². The number of hydrogen-bond donors (Lipinski definition) is 0. The van der Waals surface area contributed by atoms with Crippen LogP contribution in [0, 0.1) is 5.92 Å². The van der Waals surface area contributed by atoms with Crippen LogP contribution in [0.25, 0.3) is 10.9 Å². The minimum atomic E-state index is -2.45. The molecule has 1 aromatic heterocycles. The van der Waals surface area contributed by atoms with Crippen molar-refractivity contribution in [1.82, 2.24) is 4.57 Å². The zero-order valence-electron chi connectivity index (χ0n) is 9.87. The quantitative estimate of drug-likeness (QED) is 0.747. The fourth-order valence-electron chi connectivity index (χ4n) is 2.81. The van der Waals surface area contributed by atoms with Gasteiger partial charge in [-0.2, -0.15) is 0 Å². The van der Waals surface area contributed by atoms with E-state index < -0.39 is 5.92 Å². The highest BCUT2D eigenvalue weighted by atomic mass is 79.9. The zero-order chi connectivity index (χ0) is 12.8. The largest absolute Gasteiger partial charge is 0.347 e. The molecule has 0 N–H and O–H groups in total. The van der Waals surface area contributed by atoms with Gasteiger partial charge in [0.2, 0.25) is 5.92 Å². The van der Waals surface area contributed by atoms with Crippen LogP contribution in [-0.2, 0) is 6.54 Å². The van der Waals surface area contributed by atoms with Crippen LogP contribution >= 0.6 is 15.9 Å². The Kier molecular flexibility index (Phi) is 2.93. The van der Waals surface area contributed by atoms with E-state index in [0.29, 0.717) is 13.0 Å². The maximum atomic E-state index is 13.2. The maximum Gasteiger partial charge on any atom is 0.248 e. The molecule has 0 radical (unpaired) electrons. The summed E-state index contributed by atoms with van der Waals surface area (Å²) in [5.74, 6) is -2.35. The Hall–Kier alpha value is -0.900. The monoisotopic (exact) mass is 313 g/mol. The van der Waals surface area contributed by atoms with Gasteiger partial charge in [0.05, 0.1) is 0 Å². The van der Waals surface area contributed by atoms with Gasteiger partial charge in [0, 0.05) is 41.0 Å². The molecule has 3 rings (SSSR count). The first-order chi connectivity index (χ1) is 8.53. The topological polar surface area (TPSA) is 4.93 Å². The van der Waals surface area contributed by atoms with Crippen molar-refractivity contribution >= 4 is 26.8 Å². The predicted octanol–water partition coefficient (Wildman–Crippen LogP) is 4.84. The molecule has 0 aliphatic heterocycles. The van der Waals surface area contributed by atoms with Gasteiger partial charge in [-0.25, -0.2) is 8.78 Å². The number of aromatic nitrogens is 1. The van der Waals surface area contributed by atoms with Crippen molar-refractivity contribution in [1.29, 1.82) is 0 Å². The van der Waals surface area contributed by atoms with Crippen LogP contribution in [0.4, 0.5) is 8.78 Å². The lowest BCUT2D eigenvalue weighted by atomic mass is 10.1. The average Bonchev–Trinajstić information content (AvgIpc) is 2.83. The minimum absolute atomic E-state index is 0.0310. The van der Waals surface area contributed by atoms with Crippen molar-refractivity contribution in [3.63, 3.8) is 0 Å². The Morgan fingerprint density at radius 1 is 1.33 bits per heavy atom. The van der Waals surface area contributed by atoms with E-state index in [9.17, 15) is 8.78 Å². The van der Waals surface area contributed by atoms with Gasteiger partial charge >= 0.3 is 0 Å². The van der Waals surface area contributed by atoms with Crippen molar-refractivity contribution in [3.05, 3.63) is 34.9 Å². The van der Waals surface area contributed by atoms with Crippen LogP contribution in [-0.4, -0.2) is 10.5 Å². The maximum absolute atomic E-state index is 13.2. The number of fused-ring (bicyclic) bond motifs is 1. The molecule has 1 saturated carbocycles. The molecule has 96 valence electrons. The molecule has 0 amide bonds. The number of nitrogens with zero attached hydrogens (tertiary/aromatic N) is 1. The molecule has 0 saturated heterocycles. The summed E-state index contributed by atoms with van der Waals surface area (Å²) in [6.07, 6.45) is 2.70. The van der Waals surface area contributed by atoms with Crippen LogP contribution in [0.5, 0.6) is 0 Å². The Balaban J connectivity index is 1.83. The summed E-state index contributed by atoms with van der Waals surface area (Å²) in [6, 6.07) is 8.11. The summed E-state index contributed by atoms with van der Waals surface area (Å²) < 4.78 is 29.5.